The monoisotopic (exact) mass is 429 g/mol. The summed E-state index contributed by atoms with van der Waals surface area (Å²) in [7, 11) is 0. The van der Waals surface area contributed by atoms with E-state index in [1.165, 1.54) is 0 Å². The van der Waals surface area contributed by atoms with Gasteiger partial charge in [0.2, 0.25) is 0 Å². The summed E-state index contributed by atoms with van der Waals surface area (Å²) in [6.07, 6.45) is 7.28. The lowest BCUT2D eigenvalue weighted by atomic mass is 10.1. The lowest BCUT2D eigenvalue weighted by Crippen LogP contribution is -2.12. The molecule has 4 aromatic rings. The van der Waals surface area contributed by atoms with Gasteiger partial charge in [-0.15, -0.1) is 0 Å². The van der Waals surface area contributed by atoms with Gasteiger partial charge in [-0.2, -0.15) is 10.2 Å². The topological polar surface area (TPSA) is 74.0 Å². The van der Waals surface area contributed by atoms with E-state index in [1.54, 1.807) is 16.9 Å². The molecule has 0 aliphatic carbocycles. The van der Waals surface area contributed by atoms with Crippen molar-refractivity contribution in [2.24, 2.45) is 0 Å². The molecule has 4 rings (SSSR count). The van der Waals surface area contributed by atoms with Crippen molar-refractivity contribution in [3.63, 3.8) is 0 Å². The van der Waals surface area contributed by atoms with Gasteiger partial charge in [0, 0.05) is 30.1 Å². The van der Waals surface area contributed by atoms with Crippen LogP contribution < -0.4 is 10.1 Å². The third kappa shape index (κ3) is 5.24. The van der Waals surface area contributed by atoms with Crippen LogP contribution in [0.2, 0.25) is 0 Å². The van der Waals surface area contributed by atoms with Gasteiger partial charge >= 0.3 is 0 Å². The normalized spacial score (nSPS) is 10.8. The Kier molecular flexibility index (Phi) is 6.35. The summed E-state index contributed by atoms with van der Waals surface area (Å²) in [6, 6.07) is 13.6. The first-order valence-electron chi connectivity index (χ1n) is 10.6. The summed E-state index contributed by atoms with van der Waals surface area (Å²) in [5.74, 6) is 0.675. The number of carbonyl (C=O) groups excluding carboxylic acids is 1. The van der Waals surface area contributed by atoms with Crippen LogP contribution in [0.4, 0.5) is 5.69 Å². The number of anilines is 1. The summed E-state index contributed by atoms with van der Waals surface area (Å²) in [6.45, 7) is 7.93. The molecule has 1 N–H and O–H groups in total. The van der Waals surface area contributed by atoms with Crippen LogP contribution in [0.5, 0.6) is 5.75 Å². The number of hydrogen-bond donors (Lipinski definition) is 1. The maximum absolute atomic E-state index is 12.7. The molecule has 2 aromatic carbocycles. The molecule has 0 aliphatic rings. The van der Waals surface area contributed by atoms with Gasteiger partial charge in [-0.3, -0.25) is 14.2 Å². The van der Waals surface area contributed by atoms with Crippen molar-refractivity contribution < 1.29 is 9.53 Å². The zero-order chi connectivity index (χ0) is 22.5. The quantitative estimate of drug-likeness (QED) is 0.444. The number of ether oxygens (including phenoxy) is 1. The molecular weight excluding hydrogens is 402 g/mol. The third-order valence-electron chi connectivity index (χ3n) is 5.17. The Hall–Kier alpha value is -3.87. The fourth-order valence-electron chi connectivity index (χ4n) is 3.39. The zero-order valence-corrected chi connectivity index (χ0v) is 18.6. The van der Waals surface area contributed by atoms with Crippen LogP contribution in [0.25, 0.3) is 0 Å². The highest BCUT2D eigenvalue weighted by atomic mass is 16.5. The van der Waals surface area contributed by atoms with Crippen LogP contribution in [0.3, 0.4) is 0 Å². The van der Waals surface area contributed by atoms with Crippen molar-refractivity contribution in [2.75, 3.05) is 5.32 Å². The van der Waals surface area contributed by atoms with E-state index in [2.05, 4.69) is 21.6 Å². The molecule has 0 bridgehead atoms. The number of nitrogens with one attached hydrogen (secondary N) is 1. The molecule has 164 valence electrons. The van der Waals surface area contributed by atoms with E-state index in [0.29, 0.717) is 24.4 Å². The second kappa shape index (κ2) is 9.51. The van der Waals surface area contributed by atoms with E-state index in [-0.39, 0.29) is 5.91 Å². The van der Waals surface area contributed by atoms with Crippen LogP contribution in [-0.4, -0.2) is 25.5 Å². The van der Waals surface area contributed by atoms with Crippen molar-refractivity contribution in [3.05, 3.63) is 95.1 Å². The Morgan fingerprint density at radius 1 is 1.00 bits per heavy atom. The van der Waals surface area contributed by atoms with Crippen LogP contribution in [0.1, 0.15) is 39.5 Å². The first-order valence-corrected chi connectivity index (χ1v) is 10.6. The summed E-state index contributed by atoms with van der Waals surface area (Å²) < 4.78 is 9.63. The van der Waals surface area contributed by atoms with E-state index in [1.807, 2.05) is 74.4 Å². The average Bonchev–Trinajstić information content (AvgIpc) is 3.44. The number of amides is 1. The maximum atomic E-state index is 12.7. The van der Waals surface area contributed by atoms with E-state index in [9.17, 15) is 4.79 Å². The highest BCUT2D eigenvalue weighted by Gasteiger charge is 2.10. The van der Waals surface area contributed by atoms with Gasteiger partial charge in [0.25, 0.3) is 5.91 Å². The molecule has 0 saturated heterocycles. The molecule has 7 nitrogen and oxygen atoms in total. The third-order valence-corrected chi connectivity index (χ3v) is 5.17. The highest BCUT2D eigenvalue weighted by molar-refractivity contribution is 6.04. The Bertz CT molecular complexity index is 1220. The van der Waals surface area contributed by atoms with Gasteiger partial charge < -0.3 is 10.1 Å². The van der Waals surface area contributed by atoms with Crippen molar-refractivity contribution >= 4 is 11.6 Å². The van der Waals surface area contributed by atoms with Gasteiger partial charge in [0.05, 0.1) is 24.6 Å². The largest absolute Gasteiger partial charge is 0.489 e. The van der Waals surface area contributed by atoms with E-state index in [4.69, 9.17) is 4.74 Å². The van der Waals surface area contributed by atoms with Gasteiger partial charge in [-0.05, 0) is 55.7 Å². The van der Waals surface area contributed by atoms with Gasteiger partial charge in [0.1, 0.15) is 12.4 Å². The molecule has 7 heteroatoms. The molecular formula is C25H27N5O2. The summed E-state index contributed by atoms with van der Waals surface area (Å²) in [5, 5.41) is 11.5. The second-order valence-corrected chi connectivity index (χ2v) is 7.84. The van der Waals surface area contributed by atoms with E-state index in [0.717, 1.165) is 34.5 Å². The summed E-state index contributed by atoms with van der Waals surface area (Å²) >= 11 is 0. The molecule has 0 fully saturated rings. The van der Waals surface area contributed by atoms with E-state index >= 15 is 0 Å². The van der Waals surface area contributed by atoms with Crippen LogP contribution in [0, 0.1) is 13.8 Å². The second-order valence-electron chi connectivity index (χ2n) is 7.84. The SMILES string of the molecule is CCn1cc(Cn2cc(NC(=O)c3cccc(COc4cc(C)ccc4C)c3)cn2)cn1. The molecule has 0 radical (unpaired) electrons. The first kappa shape index (κ1) is 21.4. The number of rotatable bonds is 8. The lowest BCUT2D eigenvalue weighted by molar-refractivity contribution is 0.102. The van der Waals surface area contributed by atoms with Crippen molar-refractivity contribution in [3.8, 4) is 5.75 Å². The number of nitrogens with zero attached hydrogens (tertiary/aromatic N) is 4. The molecule has 2 heterocycles. The minimum atomic E-state index is -0.183. The number of benzene rings is 2. The van der Waals surface area contributed by atoms with Crippen molar-refractivity contribution in [1.29, 1.82) is 0 Å². The van der Waals surface area contributed by atoms with Gasteiger partial charge in [-0.1, -0.05) is 24.3 Å². The first-order chi connectivity index (χ1) is 15.5. The van der Waals surface area contributed by atoms with Crippen LogP contribution in [0.15, 0.2) is 67.3 Å². The molecule has 2 aromatic heterocycles. The van der Waals surface area contributed by atoms with Crippen molar-refractivity contribution in [2.45, 2.75) is 40.5 Å². The predicted octanol–water partition coefficient (Wildman–Crippen LogP) is 4.60. The molecule has 0 spiro atoms. The number of carbonyl (C=O) groups is 1. The number of aromatic nitrogens is 4. The Balaban J connectivity index is 1.37. The maximum Gasteiger partial charge on any atom is 0.255 e. The Labute approximate surface area is 187 Å². The summed E-state index contributed by atoms with van der Waals surface area (Å²) in [5.41, 5.74) is 5.45. The highest BCUT2D eigenvalue weighted by Crippen LogP contribution is 2.21. The predicted molar refractivity (Wildman–Crippen MR) is 124 cm³/mol. The van der Waals surface area contributed by atoms with Gasteiger partial charge in [0.15, 0.2) is 0 Å². The molecule has 0 saturated carbocycles. The molecule has 1 amide bonds. The number of hydrogen-bond acceptors (Lipinski definition) is 4. The molecule has 0 unspecified atom stereocenters. The molecule has 0 atom stereocenters. The van der Waals surface area contributed by atoms with Gasteiger partial charge in [-0.25, -0.2) is 0 Å². The van der Waals surface area contributed by atoms with Crippen LogP contribution >= 0.6 is 0 Å². The Morgan fingerprint density at radius 2 is 1.84 bits per heavy atom. The summed E-state index contributed by atoms with van der Waals surface area (Å²) in [4.78, 5) is 12.7. The van der Waals surface area contributed by atoms with Crippen LogP contribution in [-0.2, 0) is 19.7 Å². The fraction of sp³-hybridized carbons (Fsp3) is 0.240. The standard InChI is InChI=1S/C25H27N5O2/c1-4-29-14-21(12-26-29)15-30-16-23(13-27-30)28-25(31)22-7-5-6-20(11-22)17-32-24-10-18(2)8-9-19(24)3/h5-14,16H,4,15,17H2,1-3H3,(H,28,31). The minimum absolute atomic E-state index is 0.183. The molecule has 0 aliphatic heterocycles. The van der Waals surface area contributed by atoms with E-state index < -0.39 is 0 Å². The molecule has 32 heavy (non-hydrogen) atoms. The zero-order valence-electron chi connectivity index (χ0n) is 18.6. The Morgan fingerprint density at radius 3 is 2.66 bits per heavy atom. The lowest BCUT2D eigenvalue weighted by Gasteiger charge is -2.11. The fourth-order valence-corrected chi connectivity index (χ4v) is 3.39. The number of aryl methyl sites for hydroxylation is 3. The minimum Gasteiger partial charge on any atom is -0.489 e. The smallest absolute Gasteiger partial charge is 0.255 e. The van der Waals surface area contributed by atoms with Crippen molar-refractivity contribution in [1.82, 2.24) is 19.6 Å². The average molecular weight is 430 g/mol.